The summed E-state index contributed by atoms with van der Waals surface area (Å²) in [7, 11) is 0. The summed E-state index contributed by atoms with van der Waals surface area (Å²) in [6.45, 7) is 10.3. The second-order valence-electron chi connectivity index (χ2n) is 3.49. The summed E-state index contributed by atoms with van der Waals surface area (Å²) in [5, 5.41) is 10.4. The lowest BCUT2D eigenvalue weighted by Gasteiger charge is -2.28. The molecule has 1 fully saturated rings. The molecule has 1 aromatic rings. The predicted octanol–water partition coefficient (Wildman–Crippen LogP) is 3.62. The first kappa shape index (κ1) is 18.3. The molecule has 0 radical (unpaired) electrons. The summed E-state index contributed by atoms with van der Waals surface area (Å²) >= 11 is 0. The molecule has 20 heavy (non-hydrogen) atoms. The number of hydrogen-bond acceptors (Lipinski definition) is 4. The molecule has 0 aliphatic carbocycles. The Labute approximate surface area is 119 Å². The van der Waals surface area contributed by atoms with Gasteiger partial charge in [0.1, 0.15) is 0 Å². The van der Waals surface area contributed by atoms with Gasteiger partial charge in [0, 0.05) is 19.2 Å². The molecular weight excluding hydrogens is 263 g/mol. The quantitative estimate of drug-likeness (QED) is 0.615. The van der Waals surface area contributed by atoms with Crippen LogP contribution in [0.15, 0.2) is 18.2 Å². The van der Waals surface area contributed by atoms with Gasteiger partial charge in [-0.15, -0.1) is 0 Å². The zero-order valence-corrected chi connectivity index (χ0v) is 12.6. The summed E-state index contributed by atoms with van der Waals surface area (Å²) in [6.07, 6.45) is 0. The number of nitro groups is 1. The van der Waals surface area contributed by atoms with Crippen molar-refractivity contribution in [1.82, 2.24) is 0 Å². The van der Waals surface area contributed by atoms with Crippen molar-refractivity contribution in [2.24, 2.45) is 0 Å². The van der Waals surface area contributed by atoms with Crippen LogP contribution in [-0.2, 0) is 4.74 Å². The molecule has 0 unspecified atom stereocenters. The fraction of sp³-hybridized carbons (Fsp3) is 0.571. The molecule has 0 N–H and O–H groups in total. The fourth-order valence-electron chi connectivity index (χ4n) is 1.67. The van der Waals surface area contributed by atoms with E-state index in [0.29, 0.717) is 32.0 Å². The molecule has 0 aromatic heterocycles. The third-order valence-corrected chi connectivity index (χ3v) is 2.49. The van der Waals surface area contributed by atoms with Crippen LogP contribution in [0.2, 0.25) is 0 Å². The number of nitro benzene ring substituents is 1. The first-order valence-electron chi connectivity index (χ1n) is 6.95. The molecule has 0 spiro atoms. The van der Waals surface area contributed by atoms with Gasteiger partial charge in [-0.25, -0.2) is 4.39 Å². The maximum absolute atomic E-state index is 13.6. The van der Waals surface area contributed by atoms with E-state index in [1.54, 1.807) is 0 Å². The Kier molecular flexibility index (Phi) is 9.28. The third kappa shape index (κ3) is 5.13. The Hall–Kier alpha value is -1.69. The molecule has 6 heteroatoms. The molecule has 1 aliphatic heterocycles. The van der Waals surface area contributed by atoms with Crippen molar-refractivity contribution in [3.63, 3.8) is 0 Å². The maximum atomic E-state index is 13.6. The molecule has 0 atom stereocenters. The molecule has 114 valence electrons. The number of hydrogen-bond donors (Lipinski definition) is 0. The first-order valence-corrected chi connectivity index (χ1v) is 6.95. The molecule has 0 bridgehead atoms. The average Bonchev–Trinajstić information content (AvgIpc) is 2.52. The summed E-state index contributed by atoms with van der Waals surface area (Å²) < 4.78 is 18.8. The molecule has 2 rings (SSSR count). The number of benzene rings is 1. The smallest absolute Gasteiger partial charge is 0.272 e. The van der Waals surface area contributed by atoms with E-state index in [1.807, 2.05) is 32.6 Å². The summed E-state index contributed by atoms with van der Waals surface area (Å²) in [6, 6.07) is 3.71. The van der Waals surface area contributed by atoms with Crippen LogP contribution in [-0.4, -0.2) is 31.2 Å². The number of nitrogens with zero attached hydrogens (tertiary/aromatic N) is 2. The minimum Gasteiger partial charge on any atom is -0.378 e. The average molecular weight is 286 g/mol. The first-order chi connectivity index (χ1) is 9.68. The molecule has 1 aliphatic rings. The van der Waals surface area contributed by atoms with E-state index in [0.717, 1.165) is 6.07 Å². The number of halogens is 1. The lowest BCUT2D eigenvalue weighted by atomic mass is 10.2. The minimum absolute atomic E-state index is 0.227. The Morgan fingerprint density at radius 3 is 2.20 bits per heavy atom. The maximum Gasteiger partial charge on any atom is 0.272 e. The van der Waals surface area contributed by atoms with Gasteiger partial charge in [0.25, 0.3) is 5.69 Å². The van der Waals surface area contributed by atoms with Crippen LogP contribution < -0.4 is 4.90 Å². The van der Waals surface area contributed by atoms with Crippen molar-refractivity contribution in [3.05, 3.63) is 34.1 Å². The highest BCUT2D eigenvalue weighted by atomic mass is 19.1. The van der Waals surface area contributed by atoms with Gasteiger partial charge in [0.15, 0.2) is 5.82 Å². The summed E-state index contributed by atoms with van der Waals surface area (Å²) in [5.41, 5.74) is 0.170. The number of morpholine rings is 1. The number of non-ortho nitro benzene ring substituents is 1. The van der Waals surface area contributed by atoms with Crippen molar-refractivity contribution >= 4 is 11.4 Å². The van der Waals surface area contributed by atoms with E-state index in [1.165, 1.54) is 12.1 Å². The van der Waals surface area contributed by atoms with E-state index in [2.05, 4.69) is 0 Å². The Bertz CT molecular complexity index is 407. The van der Waals surface area contributed by atoms with Crippen LogP contribution in [0.4, 0.5) is 15.8 Å². The van der Waals surface area contributed by atoms with Gasteiger partial charge >= 0.3 is 0 Å². The second-order valence-corrected chi connectivity index (χ2v) is 3.49. The molecule has 1 aromatic carbocycles. The molecule has 0 saturated carbocycles. The SMILES string of the molecule is CC.CC.O=[N+]([O-])c1ccc(N2CCOCC2)c(F)c1. The number of rotatable bonds is 2. The highest BCUT2D eigenvalue weighted by Crippen LogP contribution is 2.24. The third-order valence-electron chi connectivity index (χ3n) is 2.49. The van der Waals surface area contributed by atoms with Gasteiger partial charge in [0.2, 0.25) is 0 Å². The topological polar surface area (TPSA) is 55.6 Å². The standard InChI is InChI=1S/C10H11FN2O3.2C2H6/c11-9-7-8(13(14)15)1-2-10(9)12-3-5-16-6-4-12;2*1-2/h1-2,7H,3-6H2;2*1-2H3. The van der Waals surface area contributed by atoms with E-state index in [-0.39, 0.29) is 5.69 Å². The van der Waals surface area contributed by atoms with Gasteiger partial charge < -0.3 is 9.64 Å². The van der Waals surface area contributed by atoms with Crippen LogP contribution in [0.1, 0.15) is 27.7 Å². The van der Waals surface area contributed by atoms with Gasteiger partial charge in [0.05, 0.1) is 29.9 Å². The lowest BCUT2D eigenvalue weighted by molar-refractivity contribution is -0.385. The number of ether oxygens (including phenoxy) is 1. The summed E-state index contributed by atoms with van der Waals surface area (Å²) in [4.78, 5) is 11.7. The Morgan fingerprint density at radius 2 is 1.75 bits per heavy atom. The zero-order valence-electron chi connectivity index (χ0n) is 12.6. The Morgan fingerprint density at radius 1 is 1.20 bits per heavy atom. The minimum atomic E-state index is -0.605. The van der Waals surface area contributed by atoms with Gasteiger partial charge in [-0.05, 0) is 6.07 Å². The Balaban J connectivity index is 0.000000829. The monoisotopic (exact) mass is 286 g/mol. The van der Waals surface area contributed by atoms with Crippen molar-refractivity contribution in [1.29, 1.82) is 0 Å². The molecule has 1 saturated heterocycles. The van der Waals surface area contributed by atoms with Crippen molar-refractivity contribution in [2.75, 3.05) is 31.2 Å². The van der Waals surface area contributed by atoms with Crippen molar-refractivity contribution in [2.45, 2.75) is 27.7 Å². The van der Waals surface area contributed by atoms with E-state index >= 15 is 0 Å². The van der Waals surface area contributed by atoms with Gasteiger partial charge in [-0.2, -0.15) is 0 Å². The molecule has 1 heterocycles. The fourth-order valence-corrected chi connectivity index (χ4v) is 1.67. The zero-order chi connectivity index (χ0) is 15.5. The van der Waals surface area contributed by atoms with Crippen LogP contribution in [0.5, 0.6) is 0 Å². The predicted molar refractivity (Wildman–Crippen MR) is 78.8 cm³/mol. The van der Waals surface area contributed by atoms with Crippen LogP contribution in [0, 0.1) is 15.9 Å². The second kappa shape index (κ2) is 10.1. The lowest BCUT2D eigenvalue weighted by Crippen LogP contribution is -2.36. The van der Waals surface area contributed by atoms with Crippen LogP contribution in [0.3, 0.4) is 0 Å². The van der Waals surface area contributed by atoms with Crippen molar-refractivity contribution < 1.29 is 14.1 Å². The molecule has 5 nitrogen and oxygen atoms in total. The van der Waals surface area contributed by atoms with Gasteiger partial charge in [-0.3, -0.25) is 10.1 Å². The van der Waals surface area contributed by atoms with E-state index in [4.69, 9.17) is 4.74 Å². The number of anilines is 1. The van der Waals surface area contributed by atoms with Crippen molar-refractivity contribution in [3.8, 4) is 0 Å². The van der Waals surface area contributed by atoms with Crippen LogP contribution in [0.25, 0.3) is 0 Å². The summed E-state index contributed by atoms with van der Waals surface area (Å²) in [5.74, 6) is -0.559. The van der Waals surface area contributed by atoms with Crippen LogP contribution >= 0.6 is 0 Å². The van der Waals surface area contributed by atoms with E-state index < -0.39 is 10.7 Å². The molecular formula is C14H23FN2O3. The normalized spacial score (nSPS) is 13.6. The largest absolute Gasteiger partial charge is 0.378 e. The van der Waals surface area contributed by atoms with Gasteiger partial charge in [-0.1, -0.05) is 27.7 Å². The highest BCUT2D eigenvalue weighted by molar-refractivity contribution is 5.52. The molecule has 0 amide bonds. The van der Waals surface area contributed by atoms with E-state index in [9.17, 15) is 14.5 Å². The highest BCUT2D eigenvalue weighted by Gasteiger charge is 2.17.